The van der Waals surface area contributed by atoms with Crippen molar-refractivity contribution in [2.45, 2.75) is 102 Å². The number of likely N-dealkylation sites (N-methyl/N-ethyl adjacent to an activating group) is 1. The van der Waals surface area contributed by atoms with Crippen molar-refractivity contribution >= 4 is 35.0 Å². The number of carbonyl (C=O) groups is 3. The number of carbonyl (C=O) groups excluding carboxylic acids is 3. The number of allylic oxidation sites excluding steroid dienone is 3. The Hall–Kier alpha value is -3.62. The number of aliphatic hydroxyl groups excluding tert-OH is 2. The third kappa shape index (κ3) is 11.2. The maximum absolute atomic E-state index is 13.1. The van der Waals surface area contributed by atoms with Crippen LogP contribution in [0.5, 0.6) is 0 Å². The van der Waals surface area contributed by atoms with Gasteiger partial charge in [0, 0.05) is 37.5 Å². The van der Waals surface area contributed by atoms with E-state index in [-0.39, 0.29) is 25.2 Å². The van der Waals surface area contributed by atoms with E-state index in [1.54, 1.807) is 38.3 Å². The van der Waals surface area contributed by atoms with Crippen molar-refractivity contribution in [2.75, 3.05) is 27.8 Å². The second-order valence-electron chi connectivity index (χ2n) is 13.9. The molecule has 0 saturated carbocycles. The molecule has 12 nitrogen and oxygen atoms in total. The minimum absolute atomic E-state index is 0.0414. The molecule has 284 valence electrons. The van der Waals surface area contributed by atoms with Crippen LogP contribution in [-0.4, -0.2) is 121 Å². The number of aliphatic hydroxyl groups is 2. The van der Waals surface area contributed by atoms with Gasteiger partial charge in [0.2, 0.25) is 0 Å². The number of benzene rings is 1. The Kier molecular flexibility index (Phi) is 15.8. The van der Waals surface area contributed by atoms with Crippen molar-refractivity contribution in [1.82, 2.24) is 9.88 Å². The number of esters is 1. The largest absolute Gasteiger partial charge is 0.462 e. The van der Waals surface area contributed by atoms with Crippen molar-refractivity contribution in [2.24, 2.45) is 11.8 Å². The van der Waals surface area contributed by atoms with Crippen LogP contribution in [0.4, 0.5) is 0 Å². The van der Waals surface area contributed by atoms with Crippen LogP contribution in [0.1, 0.15) is 52.0 Å². The van der Waals surface area contributed by atoms with Crippen molar-refractivity contribution in [1.29, 1.82) is 0 Å². The molecule has 11 atom stereocenters. The molecule has 12 heteroatoms. The lowest BCUT2D eigenvalue weighted by Gasteiger charge is -2.48. The fourth-order valence-corrected chi connectivity index (χ4v) is 6.93. The SMILES string of the molecule is CO[C@@H]1[C@@H](O[C@@H]2O[C@H](C)[C@@H](OC/C=C/c3cnc4ccccc4c3)[C@H](N(C)C)[C@H]2O)[C@@H](CC=O)C[C@@H](C)C(=O)/C=C/C=C/C[C@@H](C)OC(=O)C[C@H]1O. The molecule has 2 aromatic rings. The van der Waals surface area contributed by atoms with Crippen LogP contribution in [0.2, 0.25) is 0 Å². The molecular weight excluding hydrogens is 668 g/mol. The van der Waals surface area contributed by atoms with Gasteiger partial charge in [0.15, 0.2) is 12.1 Å². The number of ether oxygens (including phenoxy) is 5. The average Bonchev–Trinajstić information content (AvgIpc) is 3.10. The number of methoxy groups -OCH3 is 1. The first kappa shape index (κ1) is 41.1. The monoisotopic (exact) mass is 722 g/mol. The van der Waals surface area contributed by atoms with Crippen molar-refractivity contribution in [3.63, 3.8) is 0 Å². The van der Waals surface area contributed by atoms with Gasteiger partial charge >= 0.3 is 5.97 Å². The lowest BCUT2D eigenvalue weighted by Crippen LogP contribution is -2.64. The van der Waals surface area contributed by atoms with E-state index in [1.807, 2.05) is 68.4 Å². The van der Waals surface area contributed by atoms with Gasteiger partial charge in [-0.1, -0.05) is 55.5 Å². The fourth-order valence-electron chi connectivity index (χ4n) is 6.93. The smallest absolute Gasteiger partial charge is 0.308 e. The number of ketones is 1. The molecule has 0 aliphatic carbocycles. The van der Waals surface area contributed by atoms with E-state index in [2.05, 4.69) is 4.98 Å². The van der Waals surface area contributed by atoms with Gasteiger partial charge in [-0.15, -0.1) is 0 Å². The standard InChI is InChI=1S/C40H54N2O10/c1-25-21-30(18-19-43)38(39(48-6)33(45)23-34(46)50-26(2)13-8-7-9-17-32(25)44)52-40-36(47)35(42(4)5)37(27(3)51-40)49-20-12-14-28-22-29-15-10-11-16-31(29)41-24-28/h7-12,14-17,19,22,24-27,30,33,35-40,45,47H,13,18,20-21,23H2,1-6H3/b8-7+,14-12+,17-9+/t25-,26-,27-,30+,33-,35-,36-,37-,38+,39+,40+/m1/s1. The van der Waals surface area contributed by atoms with Crippen LogP contribution >= 0.6 is 0 Å². The average molecular weight is 723 g/mol. The number of hydrogen-bond acceptors (Lipinski definition) is 12. The van der Waals surface area contributed by atoms with Crippen molar-refractivity contribution in [3.05, 3.63) is 72.5 Å². The highest BCUT2D eigenvalue weighted by molar-refractivity contribution is 5.91. The maximum Gasteiger partial charge on any atom is 0.308 e. The summed E-state index contributed by atoms with van der Waals surface area (Å²) in [7, 11) is 5.01. The summed E-state index contributed by atoms with van der Waals surface area (Å²) in [6.07, 6.45) is 5.40. The van der Waals surface area contributed by atoms with Crippen LogP contribution in [0.15, 0.2) is 66.9 Å². The Morgan fingerprint density at radius 2 is 1.83 bits per heavy atom. The van der Waals surface area contributed by atoms with E-state index >= 15 is 0 Å². The predicted molar refractivity (Wildman–Crippen MR) is 196 cm³/mol. The Bertz CT molecular complexity index is 1560. The number of cyclic esters (lactones) is 1. The van der Waals surface area contributed by atoms with Crippen molar-refractivity contribution < 1.29 is 48.3 Å². The van der Waals surface area contributed by atoms with Crippen LogP contribution in [0.25, 0.3) is 17.0 Å². The summed E-state index contributed by atoms with van der Waals surface area (Å²) in [5.74, 6) is -1.96. The summed E-state index contributed by atoms with van der Waals surface area (Å²) in [5.41, 5.74) is 1.84. The quantitative estimate of drug-likeness (QED) is 0.269. The molecule has 1 aromatic heterocycles. The number of rotatable bonds is 10. The highest BCUT2D eigenvalue weighted by atomic mass is 16.7. The number of pyridine rings is 1. The molecule has 0 amide bonds. The van der Waals surface area contributed by atoms with Gasteiger partial charge in [-0.3, -0.25) is 14.6 Å². The van der Waals surface area contributed by atoms with E-state index in [1.165, 1.54) is 13.2 Å². The van der Waals surface area contributed by atoms with Gasteiger partial charge in [-0.05, 0) is 64.1 Å². The first-order valence-electron chi connectivity index (χ1n) is 17.9. The normalized spacial score (nSPS) is 34.0. The molecule has 1 fully saturated rings. The van der Waals surface area contributed by atoms with Crippen LogP contribution in [0.3, 0.4) is 0 Å². The molecule has 2 aliphatic heterocycles. The molecule has 2 aliphatic rings. The van der Waals surface area contributed by atoms with Crippen LogP contribution in [0, 0.1) is 11.8 Å². The van der Waals surface area contributed by atoms with Crippen LogP contribution in [-0.2, 0) is 38.1 Å². The maximum atomic E-state index is 13.1. The van der Waals surface area contributed by atoms with Crippen LogP contribution < -0.4 is 0 Å². The second-order valence-corrected chi connectivity index (χ2v) is 13.9. The van der Waals surface area contributed by atoms with Crippen molar-refractivity contribution in [3.8, 4) is 0 Å². The lowest BCUT2D eigenvalue weighted by atomic mass is 9.83. The van der Waals surface area contributed by atoms with E-state index in [9.17, 15) is 24.6 Å². The van der Waals surface area contributed by atoms with Gasteiger partial charge in [-0.2, -0.15) is 0 Å². The summed E-state index contributed by atoms with van der Waals surface area (Å²) < 4.78 is 30.4. The first-order valence-corrected chi connectivity index (χ1v) is 17.9. The zero-order valence-corrected chi connectivity index (χ0v) is 30.9. The highest BCUT2D eigenvalue weighted by Crippen LogP contribution is 2.33. The molecule has 0 radical (unpaired) electrons. The Balaban J connectivity index is 1.56. The zero-order chi connectivity index (χ0) is 37.8. The summed E-state index contributed by atoms with van der Waals surface area (Å²) >= 11 is 0. The summed E-state index contributed by atoms with van der Waals surface area (Å²) in [6.45, 7) is 5.55. The molecule has 2 N–H and O–H groups in total. The Morgan fingerprint density at radius 1 is 1.06 bits per heavy atom. The Morgan fingerprint density at radius 3 is 2.56 bits per heavy atom. The fraction of sp³-hybridized carbons (Fsp3) is 0.550. The summed E-state index contributed by atoms with van der Waals surface area (Å²) in [5, 5.41) is 24.2. The molecule has 1 saturated heterocycles. The second kappa shape index (κ2) is 20.0. The first-order chi connectivity index (χ1) is 24.9. The summed E-state index contributed by atoms with van der Waals surface area (Å²) in [6, 6.07) is 9.34. The van der Waals surface area contributed by atoms with E-state index < -0.39 is 79.3 Å². The number of nitrogens with zero attached hydrogens (tertiary/aromatic N) is 2. The minimum Gasteiger partial charge on any atom is -0.462 e. The molecule has 0 spiro atoms. The molecule has 0 bridgehead atoms. The van der Waals surface area contributed by atoms with Gasteiger partial charge in [-0.25, -0.2) is 0 Å². The minimum atomic E-state index is -1.40. The van der Waals surface area contributed by atoms with E-state index in [0.717, 1.165) is 22.8 Å². The number of fused-ring (bicyclic) bond motifs is 1. The summed E-state index contributed by atoms with van der Waals surface area (Å²) in [4.78, 5) is 44.3. The number of para-hydroxylation sites is 1. The Labute approximate surface area is 306 Å². The molecule has 3 heterocycles. The molecule has 1 aromatic carbocycles. The number of aldehydes is 1. The lowest BCUT2D eigenvalue weighted by molar-refractivity contribution is -0.313. The van der Waals surface area contributed by atoms with Gasteiger partial charge in [0.1, 0.15) is 30.7 Å². The van der Waals surface area contributed by atoms with E-state index in [4.69, 9.17) is 23.7 Å². The molecule has 4 rings (SSSR count). The third-order valence-corrected chi connectivity index (χ3v) is 9.64. The highest BCUT2D eigenvalue weighted by Gasteiger charge is 2.49. The van der Waals surface area contributed by atoms with Gasteiger partial charge in [0.05, 0.1) is 42.9 Å². The third-order valence-electron chi connectivity index (χ3n) is 9.64. The zero-order valence-electron chi connectivity index (χ0n) is 30.9. The predicted octanol–water partition coefficient (Wildman–Crippen LogP) is 4.07. The topological polar surface area (TPSA) is 154 Å². The van der Waals surface area contributed by atoms with Gasteiger partial charge in [0.25, 0.3) is 0 Å². The molecule has 52 heavy (non-hydrogen) atoms. The molecule has 0 unspecified atom stereocenters. The number of aromatic nitrogens is 1. The number of hydrogen-bond donors (Lipinski definition) is 2. The molecular formula is C40H54N2O10. The van der Waals surface area contributed by atoms with E-state index in [0.29, 0.717) is 6.42 Å². The van der Waals surface area contributed by atoms with Gasteiger partial charge < -0.3 is 43.6 Å².